The summed E-state index contributed by atoms with van der Waals surface area (Å²) in [4.78, 5) is 23.5. The maximum Gasteiger partial charge on any atom is 0.230 e. The molecule has 33 heavy (non-hydrogen) atoms. The number of rotatable bonds is 4. The quantitative estimate of drug-likeness (QED) is 0.656. The largest absolute Gasteiger partial charge is 0.493 e. The Kier molecular flexibility index (Phi) is 6.62. The second-order valence-electron chi connectivity index (χ2n) is 8.74. The molecule has 5 rings (SSSR count). The van der Waals surface area contributed by atoms with E-state index in [1.54, 1.807) is 12.4 Å². The first-order valence-electron chi connectivity index (χ1n) is 11.7. The van der Waals surface area contributed by atoms with E-state index in [-0.39, 0.29) is 11.8 Å². The van der Waals surface area contributed by atoms with Crippen LogP contribution in [0.3, 0.4) is 0 Å². The molecule has 1 N–H and O–H groups in total. The Morgan fingerprint density at radius 2 is 2.12 bits per heavy atom. The minimum absolute atomic E-state index is 0.0876. The SMILES string of the molecule is O=C1CCN(Cc2ccc3c(c2)CCO3)CCCC(c2nc(-c3cccnc3)no2)CCN1. The van der Waals surface area contributed by atoms with Crippen LogP contribution in [-0.2, 0) is 17.8 Å². The molecule has 8 heteroatoms. The molecule has 1 atom stereocenters. The molecule has 1 aromatic carbocycles. The third-order valence-electron chi connectivity index (χ3n) is 6.37. The van der Waals surface area contributed by atoms with E-state index in [0.29, 0.717) is 24.7 Å². The topological polar surface area (TPSA) is 93.4 Å². The summed E-state index contributed by atoms with van der Waals surface area (Å²) >= 11 is 0. The van der Waals surface area contributed by atoms with Crippen molar-refractivity contribution in [2.24, 2.45) is 0 Å². The fourth-order valence-corrected chi connectivity index (χ4v) is 4.57. The molecule has 2 aliphatic rings. The summed E-state index contributed by atoms with van der Waals surface area (Å²) in [6.45, 7) is 3.87. The van der Waals surface area contributed by atoms with Gasteiger partial charge in [0.2, 0.25) is 17.6 Å². The highest BCUT2D eigenvalue weighted by atomic mass is 16.5. The van der Waals surface area contributed by atoms with Crippen LogP contribution >= 0.6 is 0 Å². The van der Waals surface area contributed by atoms with Crippen LogP contribution in [0, 0.1) is 0 Å². The average Bonchev–Trinajstić information content (AvgIpc) is 3.51. The number of nitrogens with one attached hydrogen (secondary N) is 1. The van der Waals surface area contributed by atoms with Gasteiger partial charge < -0.3 is 14.6 Å². The molecule has 4 heterocycles. The highest BCUT2D eigenvalue weighted by molar-refractivity contribution is 5.76. The second kappa shape index (κ2) is 10.1. The molecule has 0 bridgehead atoms. The van der Waals surface area contributed by atoms with Crippen LogP contribution in [-0.4, -0.2) is 52.2 Å². The molecule has 8 nitrogen and oxygen atoms in total. The number of benzene rings is 1. The molecule has 1 unspecified atom stereocenters. The summed E-state index contributed by atoms with van der Waals surface area (Å²) in [6, 6.07) is 10.2. The van der Waals surface area contributed by atoms with Crippen molar-refractivity contribution in [1.82, 2.24) is 25.3 Å². The molecule has 1 fully saturated rings. The van der Waals surface area contributed by atoms with E-state index in [1.165, 1.54) is 11.1 Å². The zero-order valence-corrected chi connectivity index (χ0v) is 18.7. The van der Waals surface area contributed by atoms with E-state index in [4.69, 9.17) is 9.26 Å². The minimum atomic E-state index is 0.0876. The molecule has 0 radical (unpaired) electrons. The second-order valence-corrected chi connectivity index (χ2v) is 8.74. The summed E-state index contributed by atoms with van der Waals surface area (Å²) in [7, 11) is 0. The molecular formula is C25H29N5O3. The van der Waals surface area contributed by atoms with Gasteiger partial charge in [-0.05, 0) is 55.1 Å². The van der Waals surface area contributed by atoms with Gasteiger partial charge in [0.05, 0.1) is 6.61 Å². The molecule has 0 saturated carbocycles. The third kappa shape index (κ3) is 5.39. The van der Waals surface area contributed by atoms with Gasteiger partial charge in [-0.15, -0.1) is 0 Å². The van der Waals surface area contributed by atoms with E-state index >= 15 is 0 Å². The Morgan fingerprint density at radius 3 is 3.03 bits per heavy atom. The number of ether oxygens (including phenoxy) is 1. The standard InChI is InChI=1S/C25H29N5O3/c31-23-8-13-30(17-18-5-6-22-20(15-18)9-14-32-22)12-2-4-19(7-11-27-23)25-28-24(29-33-25)21-3-1-10-26-16-21/h1,3,5-6,10,15-16,19H,2,4,7-9,11-14,17H2,(H,27,31). The van der Waals surface area contributed by atoms with Crippen molar-refractivity contribution in [3.63, 3.8) is 0 Å². The first-order chi connectivity index (χ1) is 16.2. The summed E-state index contributed by atoms with van der Waals surface area (Å²) in [6.07, 6.45) is 7.64. The molecule has 0 spiro atoms. The number of amides is 1. The van der Waals surface area contributed by atoms with Crippen molar-refractivity contribution in [3.05, 3.63) is 59.7 Å². The normalized spacial score (nSPS) is 19.9. The molecular weight excluding hydrogens is 418 g/mol. The van der Waals surface area contributed by atoms with Crippen molar-refractivity contribution in [3.8, 4) is 17.1 Å². The molecule has 172 valence electrons. The summed E-state index contributed by atoms with van der Waals surface area (Å²) in [5.41, 5.74) is 3.39. The maximum atomic E-state index is 12.4. The van der Waals surface area contributed by atoms with Gasteiger partial charge in [-0.3, -0.25) is 14.7 Å². The number of fused-ring (bicyclic) bond motifs is 1. The van der Waals surface area contributed by atoms with Crippen LogP contribution in [0.4, 0.5) is 0 Å². The lowest BCUT2D eigenvalue weighted by molar-refractivity contribution is -0.121. The number of aromatic nitrogens is 3. The number of carbonyl (C=O) groups excluding carboxylic acids is 1. The van der Waals surface area contributed by atoms with Crippen molar-refractivity contribution in [1.29, 1.82) is 0 Å². The van der Waals surface area contributed by atoms with Crippen LogP contribution in [0.1, 0.15) is 48.6 Å². The molecule has 2 aliphatic heterocycles. The van der Waals surface area contributed by atoms with Crippen LogP contribution in [0.5, 0.6) is 5.75 Å². The fraction of sp³-hybridized carbons (Fsp3) is 0.440. The molecule has 0 aliphatic carbocycles. The van der Waals surface area contributed by atoms with Crippen molar-refractivity contribution >= 4 is 5.91 Å². The molecule has 1 saturated heterocycles. The van der Waals surface area contributed by atoms with Gasteiger partial charge in [0.25, 0.3) is 0 Å². The van der Waals surface area contributed by atoms with Gasteiger partial charge >= 0.3 is 0 Å². The van der Waals surface area contributed by atoms with Crippen molar-refractivity contribution in [2.45, 2.75) is 44.6 Å². The Bertz CT molecular complexity index is 1080. The van der Waals surface area contributed by atoms with Gasteiger partial charge in [-0.2, -0.15) is 4.98 Å². The summed E-state index contributed by atoms with van der Waals surface area (Å²) in [5, 5.41) is 7.21. The molecule has 3 aromatic rings. The predicted octanol–water partition coefficient (Wildman–Crippen LogP) is 3.34. The van der Waals surface area contributed by atoms with Gasteiger partial charge in [-0.25, -0.2) is 0 Å². The zero-order valence-electron chi connectivity index (χ0n) is 18.7. The van der Waals surface area contributed by atoms with E-state index in [9.17, 15) is 4.79 Å². The van der Waals surface area contributed by atoms with Gasteiger partial charge in [0.15, 0.2) is 0 Å². The van der Waals surface area contributed by atoms with E-state index in [1.807, 2.05) is 12.1 Å². The van der Waals surface area contributed by atoms with E-state index < -0.39 is 0 Å². The third-order valence-corrected chi connectivity index (χ3v) is 6.37. The van der Waals surface area contributed by atoms with E-state index in [0.717, 1.165) is 63.2 Å². The van der Waals surface area contributed by atoms with Crippen molar-refractivity contribution in [2.75, 3.05) is 26.2 Å². The number of pyridine rings is 1. The average molecular weight is 448 g/mol. The van der Waals surface area contributed by atoms with Crippen molar-refractivity contribution < 1.29 is 14.1 Å². The van der Waals surface area contributed by atoms with Crippen LogP contribution in [0.25, 0.3) is 11.4 Å². The Labute approximate surface area is 193 Å². The van der Waals surface area contributed by atoms with Gasteiger partial charge in [-0.1, -0.05) is 17.3 Å². The van der Waals surface area contributed by atoms with Crippen LogP contribution < -0.4 is 10.1 Å². The molecule has 2 aromatic heterocycles. The lowest BCUT2D eigenvalue weighted by atomic mass is 9.99. The fourth-order valence-electron chi connectivity index (χ4n) is 4.57. The summed E-state index contributed by atoms with van der Waals surface area (Å²) < 4.78 is 11.3. The van der Waals surface area contributed by atoms with Crippen LogP contribution in [0.2, 0.25) is 0 Å². The monoisotopic (exact) mass is 447 g/mol. The summed E-state index contributed by atoms with van der Waals surface area (Å²) in [5.74, 6) is 2.39. The lowest BCUT2D eigenvalue weighted by Gasteiger charge is -2.22. The Morgan fingerprint density at radius 1 is 1.15 bits per heavy atom. The molecule has 1 amide bonds. The number of nitrogens with zero attached hydrogens (tertiary/aromatic N) is 4. The first kappa shape index (κ1) is 21.6. The van der Waals surface area contributed by atoms with Gasteiger partial charge in [0.1, 0.15) is 5.75 Å². The zero-order chi connectivity index (χ0) is 22.5. The van der Waals surface area contributed by atoms with Crippen LogP contribution in [0.15, 0.2) is 47.2 Å². The first-order valence-corrected chi connectivity index (χ1v) is 11.7. The predicted molar refractivity (Wildman–Crippen MR) is 123 cm³/mol. The number of hydrogen-bond donors (Lipinski definition) is 1. The highest BCUT2D eigenvalue weighted by Gasteiger charge is 2.22. The van der Waals surface area contributed by atoms with E-state index in [2.05, 4.69) is 43.5 Å². The lowest BCUT2D eigenvalue weighted by Crippen LogP contribution is -2.31. The highest BCUT2D eigenvalue weighted by Crippen LogP contribution is 2.28. The minimum Gasteiger partial charge on any atom is -0.493 e. The number of carbonyl (C=O) groups is 1. The Balaban J connectivity index is 1.26. The smallest absolute Gasteiger partial charge is 0.230 e. The maximum absolute atomic E-state index is 12.4. The Hall–Kier alpha value is -3.26. The number of hydrogen-bond acceptors (Lipinski definition) is 7. The van der Waals surface area contributed by atoms with Gasteiger partial charge in [0, 0.05) is 56.4 Å².